The average Bonchev–Trinajstić information content (AvgIpc) is 3.32. The highest BCUT2D eigenvalue weighted by Crippen LogP contribution is 2.28. The maximum Gasteiger partial charge on any atom is 0.322 e. The summed E-state index contributed by atoms with van der Waals surface area (Å²) in [5.74, 6) is 0.144. The van der Waals surface area contributed by atoms with Gasteiger partial charge in [-0.1, -0.05) is 0 Å². The van der Waals surface area contributed by atoms with Gasteiger partial charge in [-0.05, 0) is 37.6 Å². The average molecular weight is 369 g/mol. The SMILES string of the molecule is C[C@@H]1CCC(=O)N1c1ccc(NC(=O)N2Cc3cnn(CCO)c3C2)cc1. The second kappa shape index (κ2) is 7.03. The van der Waals surface area contributed by atoms with Crippen molar-refractivity contribution in [1.82, 2.24) is 14.7 Å². The molecule has 8 heteroatoms. The van der Waals surface area contributed by atoms with E-state index in [-0.39, 0.29) is 24.6 Å². The molecule has 0 saturated carbocycles. The number of anilines is 2. The van der Waals surface area contributed by atoms with Crippen molar-refractivity contribution in [2.45, 2.75) is 45.4 Å². The van der Waals surface area contributed by atoms with Crippen LogP contribution in [0.3, 0.4) is 0 Å². The number of aromatic nitrogens is 2. The van der Waals surface area contributed by atoms with E-state index in [1.807, 2.05) is 36.1 Å². The molecule has 0 radical (unpaired) electrons. The van der Waals surface area contributed by atoms with Crippen molar-refractivity contribution in [3.63, 3.8) is 0 Å². The number of rotatable bonds is 4. The molecule has 2 aromatic rings. The van der Waals surface area contributed by atoms with Crippen molar-refractivity contribution in [3.05, 3.63) is 41.7 Å². The first kappa shape index (κ1) is 17.5. The fourth-order valence-electron chi connectivity index (χ4n) is 3.77. The number of benzene rings is 1. The Hall–Kier alpha value is -2.87. The Morgan fingerprint density at radius 1 is 1.30 bits per heavy atom. The zero-order valence-electron chi connectivity index (χ0n) is 15.3. The highest BCUT2D eigenvalue weighted by Gasteiger charge is 2.29. The lowest BCUT2D eigenvalue weighted by Crippen LogP contribution is -2.31. The molecule has 0 spiro atoms. The normalized spacial score (nSPS) is 18.9. The van der Waals surface area contributed by atoms with Gasteiger partial charge >= 0.3 is 6.03 Å². The van der Waals surface area contributed by atoms with Gasteiger partial charge in [0, 0.05) is 29.4 Å². The van der Waals surface area contributed by atoms with E-state index in [1.165, 1.54) is 0 Å². The third kappa shape index (κ3) is 3.28. The van der Waals surface area contributed by atoms with Crippen molar-refractivity contribution in [1.29, 1.82) is 0 Å². The number of hydrogen-bond acceptors (Lipinski definition) is 4. The molecule has 1 atom stereocenters. The summed E-state index contributed by atoms with van der Waals surface area (Å²) in [4.78, 5) is 28.1. The topological polar surface area (TPSA) is 90.7 Å². The zero-order valence-corrected chi connectivity index (χ0v) is 15.3. The third-order valence-corrected chi connectivity index (χ3v) is 5.22. The first-order valence-electron chi connectivity index (χ1n) is 9.19. The van der Waals surface area contributed by atoms with Crippen LogP contribution >= 0.6 is 0 Å². The van der Waals surface area contributed by atoms with Crippen LogP contribution < -0.4 is 10.2 Å². The smallest absolute Gasteiger partial charge is 0.322 e. The Morgan fingerprint density at radius 3 is 2.74 bits per heavy atom. The molecule has 2 N–H and O–H groups in total. The van der Waals surface area contributed by atoms with E-state index in [9.17, 15) is 9.59 Å². The third-order valence-electron chi connectivity index (χ3n) is 5.22. The van der Waals surface area contributed by atoms with Crippen LogP contribution in [-0.4, -0.2) is 44.4 Å². The molecular weight excluding hydrogens is 346 g/mol. The lowest BCUT2D eigenvalue weighted by atomic mass is 10.2. The van der Waals surface area contributed by atoms with Gasteiger partial charge in [0.2, 0.25) is 5.91 Å². The van der Waals surface area contributed by atoms with E-state index in [2.05, 4.69) is 10.4 Å². The number of fused-ring (bicyclic) bond motifs is 1. The second-order valence-corrected chi connectivity index (χ2v) is 7.05. The quantitative estimate of drug-likeness (QED) is 0.862. The van der Waals surface area contributed by atoms with Gasteiger partial charge in [0.1, 0.15) is 0 Å². The van der Waals surface area contributed by atoms with E-state index in [4.69, 9.17) is 5.11 Å². The van der Waals surface area contributed by atoms with Gasteiger partial charge < -0.3 is 20.2 Å². The number of aliphatic hydroxyl groups is 1. The Kier molecular flexibility index (Phi) is 4.57. The highest BCUT2D eigenvalue weighted by atomic mass is 16.3. The Bertz CT molecular complexity index is 861. The van der Waals surface area contributed by atoms with Crippen LogP contribution in [0.15, 0.2) is 30.5 Å². The van der Waals surface area contributed by atoms with Gasteiger partial charge in [0.25, 0.3) is 0 Å². The van der Waals surface area contributed by atoms with Crippen molar-refractivity contribution in [3.8, 4) is 0 Å². The number of nitrogens with zero attached hydrogens (tertiary/aromatic N) is 4. The molecule has 4 rings (SSSR count). The van der Waals surface area contributed by atoms with Crippen LogP contribution in [-0.2, 0) is 24.4 Å². The molecule has 8 nitrogen and oxygen atoms in total. The van der Waals surface area contributed by atoms with E-state index < -0.39 is 0 Å². The van der Waals surface area contributed by atoms with Crippen molar-refractivity contribution >= 4 is 23.3 Å². The molecule has 1 saturated heterocycles. The molecule has 0 aliphatic carbocycles. The molecular formula is C19H23N5O3. The molecule has 2 aliphatic rings. The maximum absolute atomic E-state index is 12.6. The van der Waals surface area contributed by atoms with Gasteiger partial charge in [-0.15, -0.1) is 0 Å². The minimum atomic E-state index is -0.180. The van der Waals surface area contributed by atoms with Crippen LogP contribution in [0.5, 0.6) is 0 Å². The maximum atomic E-state index is 12.6. The van der Waals surface area contributed by atoms with E-state index in [0.29, 0.717) is 31.7 Å². The van der Waals surface area contributed by atoms with Crippen molar-refractivity contribution < 1.29 is 14.7 Å². The number of aliphatic hydroxyl groups excluding tert-OH is 1. The predicted octanol–water partition coefficient (Wildman–Crippen LogP) is 1.94. The molecule has 1 aromatic heterocycles. The van der Waals surface area contributed by atoms with E-state index in [0.717, 1.165) is 23.4 Å². The summed E-state index contributed by atoms with van der Waals surface area (Å²) >= 11 is 0. The number of carbonyl (C=O) groups excluding carboxylic acids is 2. The summed E-state index contributed by atoms with van der Waals surface area (Å²) in [6, 6.07) is 7.41. The largest absolute Gasteiger partial charge is 0.394 e. The van der Waals surface area contributed by atoms with Crippen LogP contribution in [0.25, 0.3) is 0 Å². The number of carbonyl (C=O) groups is 2. The highest BCUT2D eigenvalue weighted by molar-refractivity contribution is 5.96. The molecule has 2 aliphatic heterocycles. The zero-order chi connectivity index (χ0) is 19.0. The van der Waals surface area contributed by atoms with Gasteiger partial charge in [-0.3, -0.25) is 9.48 Å². The Labute approximate surface area is 157 Å². The number of nitrogens with one attached hydrogen (secondary N) is 1. The molecule has 0 bridgehead atoms. The summed E-state index contributed by atoms with van der Waals surface area (Å²) < 4.78 is 1.74. The molecule has 3 amide bonds. The summed E-state index contributed by atoms with van der Waals surface area (Å²) in [5.41, 5.74) is 3.53. The van der Waals surface area contributed by atoms with Gasteiger partial charge in [-0.2, -0.15) is 5.10 Å². The Morgan fingerprint density at radius 2 is 2.07 bits per heavy atom. The van der Waals surface area contributed by atoms with E-state index >= 15 is 0 Å². The summed E-state index contributed by atoms with van der Waals surface area (Å²) in [7, 11) is 0. The minimum absolute atomic E-state index is 0.0187. The molecule has 3 heterocycles. The fraction of sp³-hybridized carbons (Fsp3) is 0.421. The number of amides is 3. The molecule has 27 heavy (non-hydrogen) atoms. The van der Waals surface area contributed by atoms with Crippen molar-refractivity contribution in [2.75, 3.05) is 16.8 Å². The Balaban J connectivity index is 1.40. The number of urea groups is 1. The number of hydrogen-bond donors (Lipinski definition) is 2. The predicted molar refractivity (Wildman–Crippen MR) is 100 cm³/mol. The van der Waals surface area contributed by atoms with Crippen molar-refractivity contribution in [2.24, 2.45) is 0 Å². The van der Waals surface area contributed by atoms with Crippen LogP contribution in [0.4, 0.5) is 16.2 Å². The summed E-state index contributed by atoms with van der Waals surface area (Å²) in [6.45, 7) is 3.47. The first-order valence-corrected chi connectivity index (χ1v) is 9.19. The first-order chi connectivity index (χ1) is 13.1. The second-order valence-electron chi connectivity index (χ2n) is 7.05. The molecule has 1 fully saturated rings. The van der Waals surface area contributed by atoms with Gasteiger partial charge in [0.05, 0.1) is 38.1 Å². The molecule has 1 aromatic carbocycles. The lowest BCUT2D eigenvalue weighted by Gasteiger charge is -2.22. The van der Waals surface area contributed by atoms with Crippen LogP contribution in [0.2, 0.25) is 0 Å². The molecule has 142 valence electrons. The summed E-state index contributed by atoms with van der Waals surface area (Å²) in [5, 5.41) is 16.2. The van der Waals surface area contributed by atoms with E-state index in [1.54, 1.807) is 15.8 Å². The standard InChI is InChI=1S/C19H23N5O3/c1-13-2-7-18(26)24(13)16-5-3-15(4-6-16)21-19(27)22-11-14-10-20-23(8-9-25)17(14)12-22/h3-6,10,13,25H,2,7-9,11-12H2,1H3,(H,21,27)/t13-/m1/s1. The van der Waals surface area contributed by atoms with Crippen LogP contribution in [0, 0.1) is 0 Å². The van der Waals surface area contributed by atoms with Gasteiger partial charge in [0.15, 0.2) is 0 Å². The summed E-state index contributed by atoms with van der Waals surface area (Å²) in [6.07, 6.45) is 3.21. The van der Waals surface area contributed by atoms with Gasteiger partial charge in [-0.25, -0.2) is 4.79 Å². The monoisotopic (exact) mass is 369 g/mol. The molecule has 0 unspecified atom stereocenters. The van der Waals surface area contributed by atoms with Crippen LogP contribution in [0.1, 0.15) is 31.0 Å². The minimum Gasteiger partial charge on any atom is -0.394 e. The fourth-order valence-corrected chi connectivity index (χ4v) is 3.77. The lowest BCUT2D eigenvalue weighted by molar-refractivity contribution is -0.117.